The van der Waals surface area contributed by atoms with Crippen molar-refractivity contribution in [1.82, 2.24) is 10.6 Å². The van der Waals surface area contributed by atoms with Crippen molar-refractivity contribution in [2.45, 2.75) is 32.1 Å². The van der Waals surface area contributed by atoms with Gasteiger partial charge in [-0.1, -0.05) is 12.1 Å². The highest BCUT2D eigenvalue weighted by Gasteiger charge is 2.22. The average Bonchev–Trinajstić information content (AvgIpc) is 2.98. The molecule has 0 aromatic heterocycles. The highest BCUT2D eigenvalue weighted by atomic mass is 32.2. The summed E-state index contributed by atoms with van der Waals surface area (Å²) in [5.74, 6) is 2.24. The zero-order valence-corrected chi connectivity index (χ0v) is 13.2. The van der Waals surface area contributed by atoms with E-state index >= 15 is 0 Å². The van der Waals surface area contributed by atoms with Crippen LogP contribution in [0.3, 0.4) is 0 Å². The van der Waals surface area contributed by atoms with Gasteiger partial charge in [0.25, 0.3) is 0 Å². The van der Waals surface area contributed by atoms with Crippen LogP contribution in [0, 0.1) is 0 Å². The number of hydrogen-bond donors (Lipinski definition) is 3. The zero-order valence-electron chi connectivity index (χ0n) is 12.3. The molecule has 1 amide bonds. The third kappa shape index (κ3) is 4.91. The van der Waals surface area contributed by atoms with Crippen molar-refractivity contribution in [3.8, 4) is 5.75 Å². The van der Waals surface area contributed by atoms with Crippen LogP contribution < -0.4 is 15.4 Å². The zero-order chi connectivity index (χ0) is 15.2. The first-order chi connectivity index (χ1) is 10.1. The maximum atomic E-state index is 11.9. The molecule has 1 saturated heterocycles. The van der Waals surface area contributed by atoms with Crippen molar-refractivity contribution < 1.29 is 14.6 Å². The van der Waals surface area contributed by atoms with Crippen LogP contribution in [-0.4, -0.2) is 41.3 Å². The Kier molecular flexibility index (Phi) is 5.90. The van der Waals surface area contributed by atoms with Crippen LogP contribution in [0.25, 0.3) is 0 Å². The van der Waals surface area contributed by atoms with E-state index in [-0.39, 0.29) is 24.6 Å². The molecule has 6 heteroatoms. The second kappa shape index (κ2) is 7.68. The number of carbonyl (C=O) groups excluding carboxylic acids is 1. The van der Waals surface area contributed by atoms with Crippen LogP contribution in [0.5, 0.6) is 5.75 Å². The first-order valence-corrected chi connectivity index (χ1v) is 8.25. The lowest BCUT2D eigenvalue weighted by molar-refractivity contribution is -0.122. The smallest absolute Gasteiger partial charge is 0.238 e. The minimum absolute atomic E-state index is 0.0614. The molecule has 0 aliphatic carbocycles. The molecule has 116 valence electrons. The molecule has 0 saturated carbocycles. The van der Waals surface area contributed by atoms with E-state index in [0.29, 0.717) is 0 Å². The van der Waals surface area contributed by atoms with Gasteiger partial charge in [-0.15, -0.1) is 11.8 Å². The maximum Gasteiger partial charge on any atom is 0.238 e. The van der Waals surface area contributed by atoms with Gasteiger partial charge in [0.05, 0.1) is 18.2 Å². The molecule has 1 fully saturated rings. The monoisotopic (exact) mass is 310 g/mol. The number of rotatable bonds is 6. The summed E-state index contributed by atoms with van der Waals surface area (Å²) in [7, 11) is 0. The molecule has 1 heterocycles. The Bertz CT molecular complexity index is 476. The second-order valence-corrected chi connectivity index (χ2v) is 6.30. The summed E-state index contributed by atoms with van der Waals surface area (Å²) >= 11 is 1.70. The van der Waals surface area contributed by atoms with E-state index in [1.165, 1.54) is 0 Å². The van der Waals surface area contributed by atoms with E-state index < -0.39 is 6.10 Å². The van der Waals surface area contributed by atoms with Crippen molar-refractivity contribution >= 4 is 17.7 Å². The summed E-state index contributed by atoms with van der Waals surface area (Å²) in [6.07, 6.45) is -0.651. The van der Waals surface area contributed by atoms with Crippen LogP contribution in [0.4, 0.5) is 0 Å². The normalized spacial score (nSPS) is 19.5. The topological polar surface area (TPSA) is 70.6 Å². The molecule has 2 atom stereocenters. The van der Waals surface area contributed by atoms with Gasteiger partial charge in [0.15, 0.2) is 0 Å². The predicted molar refractivity (Wildman–Crippen MR) is 84.4 cm³/mol. The molecular weight excluding hydrogens is 288 g/mol. The maximum absolute atomic E-state index is 11.9. The molecule has 21 heavy (non-hydrogen) atoms. The third-order valence-electron chi connectivity index (χ3n) is 3.12. The van der Waals surface area contributed by atoms with E-state index in [9.17, 15) is 9.90 Å². The van der Waals surface area contributed by atoms with Crippen LogP contribution in [0.2, 0.25) is 0 Å². The Morgan fingerprint density at radius 2 is 2.38 bits per heavy atom. The largest absolute Gasteiger partial charge is 0.491 e. The number of aliphatic hydroxyl groups excluding tert-OH is 1. The van der Waals surface area contributed by atoms with Gasteiger partial charge in [0.1, 0.15) is 5.75 Å². The molecule has 1 aromatic rings. The number of aliphatic hydroxyl groups is 1. The van der Waals surface area contributed by atoms with Gasteiger partial charge < -0.3 is 15.2 Å². The number of benzene rings is 1. The standard InChI is InChI=1S/C15H22N2O3S/c1-10(2)20-12-5-3-4-11(6-12)14(18)7-16-15(19)13-8-21-9-17-13/h3-6,10,13-14,17-18H,7-9H2,1-2H3,(H,16,19). The SMILES string of the molecule is CC(C)Oc1cccc(C(O)CNC(=O)C2CSCN2)c1. The summed E-state index contributed by atoms with van der Waals surface area (Å²) in [5.41, 5.74) is 0.738. The van der Waals surface area contributed by atoms with Crippen molar-refractivity contribution in [2.75, 3.05) is 18.2 Å². The van der Waals surface area contributed by atoms with Gasteiger partial charge in [-0.25, -0.2) is 0 Å². The highest BCUT2D eigenvalue weighted by molar-refractivity contribution is 7.99. The molecule has 0 radical (unpaired) electrons. The average molecular weight is 310 g/mol. The number of nitrogens with one attached hydrogen (secondary N) is 2. The molecule has 5 nitrogen and oxygen atoms in total. The van der Waals surface area contributed by atoms with Crippen molar-refractivity contribution in [2.24, 2.45) is 0 Å². The lowest BCUT2D eigenvalue weighted by Gasteiger charge is -2.16. The minimum Gasteiger partial charge on any atom is -0.491 e. The Morgan fingerprint density at radius 1 is 1.57 bits per heavy atom. The summed E-state index contributed by atoms with van der Waals surface area (Å²) in [6, 6.07) is 7.17. The molecule has 3 N–H and O–H groups in total. The number of thioether (sulfide) groups is 1. The first-order valence-electron chi connectivity index (χ1n) is 7.10. The quantitative estimate of drug-likeness (QED) is 0.738. The molecule has 2 unspecified atom stereocenters. The summed E-state index contributed by atoms with van der Waals surface area (Å²) in [6.45, 7) is 4.11. The fourth-order valence-corrected chi connectivity index (χ4v) is 3.01. The van der Waals surface area contributed by atoms with Crippen LogP contribution in [0.1, 0.15) is 25.5 Å². The third-order valence-corrected chi connectivity index (χ3v) is 4.06. The van der Waals surface area contributed by atoms with Crippen LogP contribution in [-0.2, 0) is 4.79 Å². The van der Waals surface area contributed by atoms with Crippen molar-refractivity contribution in [3.05, 3.63) is 29.8 Å². The van der Waals surface area contributed by atoms with Gasteiger partial charge in [-0.3, -0.25) is 10.1 Å². The molecule has 0 bridgehead atoms. The van der Waals surface area contributed by atoms with E-state index in [0.717, 1.165) is 22.9 Å². The number of carbonyl (C=O) groups is 1. The van der Waals surface area contributed by atoms with E-state index in [4.69, 9.17) is 4.74 Å². The molecule has 0 spiro atoms. The lowest BCUT2D eigenvalue weighted by atomic mass is 10.1. The highest BCUT2D eigenvalue weighted by Crippen LogP contribution is 2.20. The van der Waals surface area contributed by atoms with E-state index in [1.54, 1.807) is 17.8 Å². The van der Waals surface area contributed by atoms with Crippen molar-refractivity contribution in [3.63, 3.8) is 0 Å². The van der Waals surface area contributed by atoms with E-state index in [1.807, 2.05) is 32.0 Å². The fourth-order valence-electron chi connectivity index (χ4n) is 2.07. The van der Waals surface area contributed by atoms with Gasteiger partial charge in [-0.05, 0) is 31.5 Å². The summed E-state index contributed by atoms with van der Waals surface area (Å²) in [4.78, 5) is 11.9. The molecule has 1 aliphatic rings. The Morgan fingerprint density at radius 3 is 3.05 bits per heavy atom. The molecular formula is C15H22N2O3S. The van der Waals surface area contributed by atoms with E-state index in [2.05, 4.69) is 10.6 Å². The van der Waals surface area contributed by atoms with Crippen LogP contribution in [0.15, 0.2) is 24.3 Å². The number of hydrogen-bond acceptors (Lipinski definition) is 5. The van der Waals surface area contributed by atoms with Gasteiger partial charge >= 0.3 is 0 Å². The Hall–Kier alpha value is -1.24. The molecule has 2 rings (SSSR count). The molecule has 1 aliphatic heterocycles. The lowest BCUT2D eigenvalue weighted by Crippen LogP contribution is -2.43. The fraction of sp³-hybridized carbons (Fsp3) is 0.533. The van der Waals surface area contributed by atoms with Gasteiger partial charge in [-0.2, -0.15) is 0 Å². The summed E-state index contributed by atoms with van der Waals surface area (Å²) < 4.78 is 5.60. The second-order valence-electron chi connectivity index (χ2n) is 5.27. The number of amides is 1. The van der Waals surface area contributed by atoms with Gasteiger partial charge in [0, 0.05) is 18.2 Å². The first kappa shape index (κ1) is 16.1. The molecule has 1 aromatic carbocycles. The van der Waals surface area contributed by atoms with Gasteiger partial charge in [0.2, 0.25) is 5.91 Å². The number of ether oxygens (including phenoxy) is 1. The van der Waals surface area contributed by atoms with Crippen molar-refractivity contribution in [1.29, 1.82) is 0 Å². The predicted octanol–water partition coefficient (Wildman–Crippen LogP) is 1.29. The Labute approximate surface area is 129 Å². The Balaban J connectivity index is 1.87. The minimum atomic E-state index is -0.737. The van der Waals surface area contributed by atoms with Crippen LogP contribution >= 0.6 is 11.8 Å². The summed E-state index contributed by atoms with van der Waals surface area (Å²) in [5, 5.41) is 16.1.